The van der Waals surface area contributed by atoms with Crippen molar-refractivity contribution in [2.45, 2.75) is 109 Å². The van der Waals surface area contributed by atoms with Crippen molar-refractivity contribution in [2.24, 2.45) is 46.3 Å². The van der Waals surface area contributed by atoms with Crippen LogP contribution in [0.2, 0.25) is 0 Å². The molecule has 6 heteroatoms. The lowest BCUT2D eigenvalue weighted by Gasteiger charge is -2.63. The van der Waals surface area contributed by atoms with Crippen molar-refractivity contribution in [3.63, 3.8) is 0 Å². The highest BCUT2D eigenvalue weighted by molar-refractivity contribution is 5.14. The second-order valence-corrected chi connectivity index (χ2v) is 12.9. The maximum Gasteiger partial charge on any atom is 0.111 e. The molecule has 6 nitrogen and oxygen atoms in total. The van der Waals surface area contributed by atoms with Crippen LogP contribution < -0.4 is 0 Å². The molecule has 0 saturated heterocycles. The minimum atomic E-state index is -1.41. The Kier molecular flexibility index (Phi) is 7.30. The molecule has 6 N–H and O–H groups in total. The standard InChI is InChI=1S/C27H48O6/c1-16(5-4-9-27(33,14-28)15-29)19-6-7-20-24-21(13-23(32)26(19,20)3)25(2)10-8-18(30)11-17(25)12-22(24)31/h16-24,28-33H,4-15H2,1-3H3/t16-,17+,18-,19-,20+,21+,22-,23+,24+,25+,26-/m1/s1. The third kappa shape index (κ3) is 4.21. The maximum atomic E-state index is 11.6. The van der Waals surface area contributed by atoms with Gasteiger partial charge in [0.1, 0.15) is 5.60 Å². The van der Waals surface area contributed by atoms with E-state index in [1.54, 1.807) is 0 Å². The van der Waals surface area contributed by atoms with Crippen LogP contribution >= 0.6 is 0 Å². The van der Waals surface area contributed by atoms with Crippen LogP contribution in [0, 0.1) is 46.3 Å². The number of rotatable bonds is 7. The summed E-state index contributed by atoms with van der Waals surface area (Å²) in [5.41, 5.74) is -1.54. The summed E-state index contributed by atoms with van der Waals surface area (Å²) in [5, 5.41) is 62.2. The highest BCUT2D eigenvalue weighted by atomic mass is 16.4. The molecule has 0 amide bonds. The van der Waals surface area contributed by atoms with E-state index in [-0.39, 0.29) is 35.1 Å². The molecule has 0 bridgehead atoms. The van der Waals surface area contributed by atoms with E-state index in [0.29, 0.717) is 36.0 Å². The van der Waals surface area contributed by atoms with E-state index in [1.165, 1.54) is 0 Å². The first kappa shape index (κ1) is 25.8. The molecule has 4 rings (SSSR count). The highest BCUT2D eigenvalue weighted by Crippen LogP contribution is 2.68. The van der Waals surface area contributed by atoms with Gasteiger partial charge >= 0.3 is 0 Å². The third-order valence-corrected chi connectivity index (χ3v) is 11.4. The number of aliphatic hydroxyl groups excluding tert-OH is 5. The summed E-state index contributed by atoms with van der Waals surface area (Å²) in [6, 6.07) is 0. The van der Waals surface area contributed by atoms with Gasteiger partial charge in [0.05, 0.1) is 31.5 Å². The maximum absolute atomic E-state index is 11.6. The molecule has 0 aromatic carbocycles. The average Bonchev–Trinajstić information content (AvgIpc) is 3.14. The minimum Gasteiger partial charge on any atom is -0.393 e. The van der Waals surface area contributed by atoms with E-state index in [2.05, 4.69) is 20.8 Å². The Labute approximate surface area is 199 Å². The fourth-order valence-electron chi connectivity index (χ4n) is 9.29. The van der Waals surface area contributed by atoms with Gasteiger partial charge in [-0.1, -0.05) is 33.6 Å². The van der Waals surface area contributed by atoms with Crippen molar-refractivity contribution < 1.29 is 30.6 Å². The fourth-order valence-corrected chi connectivity index (χ4v) is 9.29. The predicted molar refractivity (Wildman–Crippen MR) is 126 cm³/mol. The second kappa shape index (κ2) is 9.33. The van der Waals surface area contributed by atoms with Crippen molar-refractivity contribution in [1.29, 1.82) is 0 Å². The Balaban J connectivity index is 1.50. The zero-order valence-corrected chi connectivity index (χ0v) is 20.9. The van der Waals surface area contributed by atoms with Crippen molar-refractivity contribution >= 4 is 0 Å². The molecule has 4 saturated carbocycles. The molecule has 192 valence electrons. The van der Waals surface area contributed by atoms with Gasteiger partial charge in [0.25, 0.3) is 0 Å². The molecule has 4 aliphatic rings. The van der Waals surface area contributed by atoms with Crippen molar-refractivity contribution in [3.05, 3.63) is 0 Å². The summed E-state index contributed by atoms with van der Waals surface area (Å²) < 4.78 is 0. The van der Waals surface area contributed by atoms with Gasteiger partial charge in [-0.15, -0.1) is 0 Å². The number of hydrogen-bond donors (Lipinski definition) is 6. The first-order valence-electron chi connectivity index (χ1n) is 13.5. The summed E-state index contributed by atoms with van der Waals surface area (Å²) in [6.45, 7) is 6.00. The van der Waals surface area contributed by atoms with Gasteiger partial charge < -0.3 is 30.6 Å². The Bertz CT molecular complexity index is 682. The van der Waals surface area contributed by atoms with Gasteiger partial charge in [0.2, 0.25) is 0 Å². The molecule has 33 heavy (non-hydrogen) atoms. The lowest BCUT2D eigenvalue weighted by Crippen LogP contribution is -2.62. The Hall–Kier alpha value is -0.240. The quantitative estimate of drug-likeness (QED) is 0.341. The van der Waals surface area contributed by atoms with E-state index in [4.69, 9.17) is 0 Å². The van der Waals surface area contributed by atoms with E-state index < -0.39 is 18.8 Å². The van der Waals surface area contributed by atoms with Crippen LogP contribution in [0.25, 0.3) is 0 Å². The van der Waals surface area contributed by atoms with Gasteiger partial charge in [-0.05, 0) is 97.7 Å². The number of fused-ring (bicyclic) bond motifs is 5. The van der Waals surface area contributed by atoms with E-state index >= 15 is 0 Å². The molecule has 4 aliphatic carbocycles. The van der Waals surface area contributed by atoms with Gasteiger partial charge in [-0.25, -0.2) is 0 Å². The molecule has 0 aromatic rings. The summed E-state index contributed by atoms with van der Waals surface area (Å²) in [4.78, 5) is 0. The van der Waals surface area contributed by atoms with E-state index in [0.717, 1.165) is 57.8 Å². The van der Waals surface area contributed by atoms with Crippen LogP contribution in [0.5, 0.6) is 0 Å². The van der Waals surface area contributed by atoms with Gasteiger partial charge in [0, 0.05) is 0 Å². The van der Waals surface area contributed by atoms with Crippen LogP contribution in [-0.4, -0.2) is 67.8 Å². The van der Waals surface area contributed by atoms with E-state index in [1.807, 2.05) is 0 Å². The molecule has 4 fully saturated rings. The molecule has 0 aliphatic heterocycles. The monoisotopic (exact) mass is 468 g/mol. The molecular weight excluding hydrogens is 420 g/mol. The first-order valence-corrected chi connectivity index (χ1v) is 13.5. The SMILES string of the molecule is C[C@H](CCCC(O)(CO)CO)[C@H]1CC[C@H]2[C@@H]3[C@H](O)C[C@@H]4C[C@H](O)CC[C@]4(C)[C@H]3C[C@H](O)[C@]12C. The second-order valence-electron chi connectivity index (χ2n) is 12.9. The van der Waals surface area contributed by atoms with E-state index in [9.17, 15) is 30.6 Å². The van der Waals surface area contributed by atoms with Crippen LogP contribution in [0.1, 0.15) is 85.0 Å². The number of hydrogen-bond acceptors (Lipinski definition) is 6. The molecular formula is C27H48O6. The van der Waals surface area contributed by atoms with Gasteiger partial charge in [-0.2, -0.15) is 0 Å². The molecule has 0 heterocycles. The van der Waals surface area contributed by atoms with Gasteiger partial charge in [0.15, 0.2) is 0 Å². The Morgan fingerprint density at radius 2 is 1.64 bits per heavy atom. The van der Waals surface area contributed by atoms with Crippen LogP contribution in [0.3, 0.4) is 0 Å². The summed E-state index contributed by atoms with van der Waals surface area (Å²) in [6.07, 6.45) is 7.20. The summed E-state index contributed by atoms with van der Waals surface area (Å²) in [5.74, 6) is 1.90. The van der Waals surface area contributed by atoms with Crippen LogP contribution in [0.4, 0.5) is 0 Å². The molecule has 0 spiro atoms. The molecule has 11 atom stereocenters. The lowest BCUT2D eigenvalue weighted by molar-refractivity contribution is -0.207. The zero-order valence-electron chi connectivity index (χ0n) is 20.9. The fraction of sp³-hybridized carbons (Fsp3) is 1.00. The zero-order chi connectivity index (χ0) is 24.2. The van der Waals surface area contributed by atoms with Crippen molar-refractivity contribution in [1.82, 2.24) is 0 Å². The third-order valence-electron chi connectivity index (χ3n) is 11.4. The summed E-state index contributed by atoms with van der Waals surface area (Å²) in [7, 11) is 0. The normalized spacial score (nSPS) is 48.6. The highest BCUT2D eigenvalue weighted by Gasteiger charge is 2.65. The summed E-state index contributed by atoms with van der Waals surface area (Å²) >= 11 is 0. The van der Waals surface area contributed by atoms with Crippen LogP contribution in [0.15, 0.2) is 0 Å². The smallest absolute Gasteiger partial charge is 0.111 e. The topological polar surface area (TPSA) is 121 Å². The van der Waals surface area contributed by atoms with Crippen LogP contribution in [-0.2, 0) is 0 Å². The lowest BCUT2D eigenvalue weighted by atomic mass is 9.43. The largest absolute Gasteiger partial charge is 0.393 e. The first-order chi connectivity index (χ1) is 15.5. The number of aliphatic hydroxyl groups is 6. The average molecular weight is 469 g/mol. The Morgan fingerprint density at radius 3 is 2.30 bits per heavy atom. The van der Waals surface area contributed by atoms with Gasteiger partial charge in [-0.3, -0.25) is 0 Å². The minimum absolute atomic E-state index is 0.0915. The Morgan fingerprint density at radius 1 is 0.939 bits per heavy atom. The van der Waals surface area contributed by atoms with Crippen molar-refractivity contribution in [2.75, 3.05) is 13.2 Å². The predicted octanol–water partition coefficient (Wildman–Crippen LogP) is 2.47. The molecule has 0 aromatic heterocycles. The molecule has 0 radical (unpaired) electrons. The molecule has 0 unspecified atom stereocenters. The van der Waals surface area contributed by atoms with Crippen molar-refractivity contribution in [3.8, 4) is 0 Å².